The van der Waals surface area contributed by atoms with E-state index in [1.807, 2.05) is 0 Å². The van der Waals surface area contributed by atoms with Crippen molar-refractivity contribution < 1.29 is 9.18 Å². The van der Waals surface area contributed by atoms with E-state index in [9.17, 15) is 9.18 Å². The number of rotatable bonds is 3. The number of hydrazine groups is 1. The molecule has 5 nitrogen and oxygen atoms in total. The number of carbonyl (C=O) groups excluding carboxylic acids is 1. The van der Waals surface area contributed by atoms with Crippen molar-refractivity contribution in [3.8, 4) is 0 Å². The molecule has 0 radical (unpaired) electrons. The Morgan fingerprint density at radius 3 is 2.64 bits per heavy atom. The Kier molecular flexibility index (Phi) is 3.87. The fourth-order valence-electron chi connectivity index (χ4n) is 1.86. The SMILES string of the molecule is O=C(NNc1ccc(F)cc1)c1cn2cc(Cl)cc(Cl)c2n1. The van der Waals surface area contributed by atoms with E-state index in [4.69, 9.17) is 23.2 Å². The van der Waals surface area contributed by atoms with Crippen molar-refractivity contribution in [2.45, 2.75) is 0 Å². The van der Waals surface area contributed by atoms with Crippen molar-refractivity contribution >= 4 is 40.4 Å². The summed E-state index contributed by atoms with van der Waals surface area (Å²) in [6.07, 6.45) is 3.11. The molecule has 0 saturated carbocycles. The lowest BCUT2D eigenvalue weighted by Gasteiger charge is -2.06. The lowest BCUT2D eigenvalue weighted by atomic mass is 10.3. The topological polar surface area (TPSA) is 58.4 Å². The summed E-state index contributed by atoms with van der Waals surface area (Å²) in [6.45, 7) is 0. The highest BCUT2D eigenvalue weighted by molar-refractivity contribution is 6.36. The van der Waals surface area contributed by atoms with Crippen LogP contribution < -0.4 is 10.9 Å². The van der Waals surface area contributed by atoms with E-state index in [-0.39, 0.29) is 11.5 Å². The third kappa shape index (κ3) is 2.98. The normalized spacial score (nSPS) is 10.7. The smallest absolute Gasteiger partial charge is 0.289 e. The molecule has 3 rings (SSSR count). The van der Waals surface area contributed by atoms with Gasteiger partial charge in [0.25, 0.3) is 5.91 Å². The average molecular weight is 339 g/mol. The van der Waals surface area contributed by atoms with Gasteiger partial charge in [0.15, 0.2) is 5.65 Å². The van der Waals surface area contributed by atoms with Crippen molar-refractivity contribution in [1.82, 2.24) is 14.8 Å². The molecule has 0 fully saturated rings. The number of hydrogen-bond acceptors (Lipinski definition) is 3. The maximum atomic E-state index is 12.8. The Labute approximate surface area is 134 Å². The molecular weight excluding hydrogens is 330 g/mol. The standard InChI is InChI=1S/C14H9Cl2FN4O/c15-8-5-11(16)13-18-12(7-21(13)6-8)14(22)20-19-10-3-1-9(17)2-4-10/h1-7,19H,(H,20,22). The summed E-state index contributed by atoms with van der Waals surface area (Å²) in [6, 6.07) is 7.10. The number of imidazole rings is 1. The highest BCUT2D eigenvalue weighted by Crippen LogP contribution is 2.21. The van der Waals surface area contributed by atoms with Gasteiger partial charge in [0.05, 0.1) is 15.7 Å². The van der Waals surface area contributed by atoms with Gasteiger partial charge in [-0.25, -0.2) is 9.37 Å². The van der Waals surface area contributed by atoms with Gasteiger partial charge in [-0.3, -0.25) is 15.6 Å². The monoisotopic (exact) mass is 338 g/mol. The molecule has 3 aromatic rings. The van der Waals surface area contributed by atoms with Crippen LogP contribution in [0.1, 0.15) is 10.5 Å². The van der Waals surface area contributed by atoms with Gasteiger partial charge in [-0.1, -0.05) is 23.2 Å². The molecule has 0 spiro atoms. The summed E-state index contributed by atoms with van der Waals surface area (Å²) in [7, 11) is 0. The molecule has 1 aromatic carbocycles. The van der Waals surface area contributed by atoms with Crippen LogP contribution in [0.4, 0.5) is 10.1 Å². The van der Waals surface area contributed by atoms with Crippen molar-refractivity contribution in [1.29, 1.82) is 0 Å². The number of nitrogens with one attached hydrogen (secondary N) is 2. The largest absolute Gasteiger partial charge is 0.304 e. The number of nitrogens with zero attached hydrogens (tertiary/aromatic N) is 2. The molecule has 22 heavy (non-hydrogen) atoms. The van der Waals surface area contributed by atoms with E-state index in [2.05, 4.69) is 15.8 Å². The average Bonchev–Trinajstić information content (AvgIpc) is 2.90. The van der Waals surface area contributed by atoms with Crippen LogP contribution in [0, 0.1) is 5.82 Å². The molecule has 8 heteroatoms. The molecule has 0 saturated heterocycles. The van der Waals surface area contributed by atoms with Crippen molar-refractivity contribution in [3.05, 3.63) is 64.3 Å². The fourth-order valence-corrected chi connectivity index (χ4v) is 2.39. The molecule has 0 aliphatic carbocycles. The first kappa shape index (κ1) is 14.6. The van der Waals surface area contributed by atoms with Crippen molar-refractivity contribution in [3.63, 3.8) is 0 Å². The van der Waals surface area contributed by atoms with Crippen LogP contribution in [0.3, 0.4) is 0 Å². The lowest BCUT2D eigenvalue weighted by Crippen LogP contribution is -2.29. The second kappa shape index (κ2) is 5.82. The third-order valence-corrected chi connectivity index (χ3v) is 3.36. The Balaban J connectivity index is 1.77. The summed E-state index contributed by atoms with van der Waals surface area (Å²) in [5, 5.41) is 0.782. The van der Waals surface area contributed by atoms with Crippen LogP contribution in [0.2, 0.25) is 10.0 Å². The third-order valence-electron chi connectivity index (χ3n) is 2.87. The molecular formula is C14H9Cl2FN4O. The van der Waals surface area contributed by atoms with Gasteiger partial charge in [0.2, 0.25) is 0 Å². The van der Waals surface area contributed by atoms with Crippen LogP contribution >= 0.6 is 23.2 Å². The molecule has 0 unspecified atom stereocenters. The fraction of sp³-hybridized carbons (Fsp3) is 0. The molecule has 0 aliphatic heterocycles. The first-order valence-corrected chi connectivity index (χ1v) is 6.94. The lowest BCUT2D eigenvalue weighted by molar-refractivity contribution is 0.0958. The van der Waals surface area contributed by atoms with E-state index < -0.39 is 5.91 Å². The molecule has 2 aromatic heterocycles. The second-order valence-corrected chi connectivity index (χ2v) is 5.29. The van der Waals surface area contributed by atoms with E-state index in [1.165, 1.54) is 30.5 Å². The van der Waals surface area contributed by atoms with Crippen molar-refractivity contribution in [2.75, 3.05) is 5.43 Å². The maximum Gasteiger partial charge on any atom is 0.289 e. The molecule has 112 valence electrons. The van der Waals surface area contributed by atoms with E-state index in [0.717, 1.165) is 0 Å². The molecule has 1 amide bonds. The first-order valence-electron chi connectivity index (χ1n) is 6.18. The zero-order valence-electron chi connectivity index (χ0n) is 11.0. The Morgan fingerprint density at radius 1 is 1.18 bits per heavy atom. The first-order chi connectivity index (χ1) is 10.5. The summed E-state index contributed by atoms with van der Waals surface area (Å²) in [5.41, 5.74) is 6.27. The summed E-state index contributed by atoms with van der Waals surface area (Å²) >= 11 is 11.9. The molecule has 0 aliphatic rings. The maximum absolute atomic E-state index is 12.8. The van der Waals surface area contributed by atoms with Crippen LogP contribution in [-0.4, -0.2) is 15.3 Å². The predicted molar refractivity (Wildman–Crippen MR) is 82.7 cm³/mol. The van der Waals surface area contributed by atoms with E-state index in [0.29, 0.717) is 21.4 Å². The highest BCUT2D eigenvalue weighted by Gasteiger charge is 2.13. The van der Waals surface area contributed by atoms with Gasteiger partial charge in [-0.2, -0.15) is 0 Å². The van der Waals surface area contributed by atoms with Gasteiger partial charge < -0.3 is 4.40 Å². The van der Waals surface area contributed by atoms with Crippen LogP contribution in [0.5, 0.6) is 0 Å². The van der Waals surface area contributed by atoms with E-state index in [1.54, 1.807) is 16.7 Å². The van der Waals surface area contributed by atoms with E-state index >= 15 is 0 Å². The van der Waals surface area contributed by atoms with Gasteiger partial charge >= 0.3 is 0 Å². The van der Waals surface area contributed by atoms with Gasteiger partial charge in [-0.05, 0) is 30.3 Å². The minimum Gasteiger partial charge on any atom is -0.304 e. The minimum absolute atomic E-state index is 0.166. The van der Waals surface area contributed by atoms with Crippen molar-refractivity contribution in [2.24, 2.45) is 0 Å². The van der Waals surface area contributed by atoms with Gasteiger partial charge in [0, 0.05) is 12.4 Å². The Bertz CT molecular complexity index is 848. The predicted octanol–water partition coefficient (Wildman–Crippen LogP) is 3.54. The summed E-state index contributed by atoms with van der Waals surface area (Å²) < 4.78 is 14.4. The summed E-state index contributed by atoms with van der Waals surface area (Å²) in [4.78, 5) is 16.2. The quantitative estimate of drug-likeness (QED) is 0.718. The molecule has 2 heterocycles. The number of benzene rings is 1. The number of hydrogen-bond donors (Lipinski definition) is 2. The Hall–Kier alpha value is -2.31. The highest BCUT2D eigenvalue weighted by atomic mass is 35.5. The molecule has 0 atom stereocenters. The number of halogens is 3. The number of anilines is 1. The van der Waals surface area contributed by atoms with Crippen LogP contribution in [0.25, 0.3) is 5.65 Å². The van der Waals surface area contributed by atoms with Crippen LogP contribution in [-0.2, 0) is 0 Å². The summed E-state index contributed by atoms with van der Waals surface area (Å²) in [5.74, 6) is -0.816. The Morgan fingerprint density at radius 2 is 1.91 bits per heavy atom. The minimum atomic E-state index is -0.458. The molecule has 0 bridgehead atoms. The van der Waals surface area contributed by atoms with Gasteiger partial charge in [0.1, 0.15) is 11.5 Å². The number of amides is 1. The second-order valence-electron chi connectivity index (χ2n) is 4.45. The van der Waals surface area contributed by atoms with Gasteiger partial charge in [-0.15, -0.1) is 0 Å². The number of aromatic nitrogens is 2. The zero-order chi connectivity index (χ0) is 15.7. The number of pyridine rings is 1. The molecule has 2 N–H and O–H groups in total. The zero-order valence-corrected chi connectivity index (χ0v) is 12.5. The number of fused-ring (bicyclic) bond motifs is 1. The van der Waals surface area contributed by atoms with Crippen LogP contribution in [0.15, 0.2) is 42.7 Å². The number of carbonyl (C=O) groups is 1.